The number of nitrogens with one attached hydrogen (secondary N) is 3. The van der Waals surface area contributed by atoms with E-state index in [9.17, 15) is 9.59 Å². The van der Waals surface area contributed by atoms with Crippen molar-refractivity contribution in [2.75, 3.05) is 31.6 Å². The molecule has 0 radical (unpaired) electrons. The van der Waals surface area contributed by atoms with Crippen LogP contribution < -0.4 is 16.0 Å². The van der Waals surface area contributed by atoms with Crippen LogP contribution in [0.2, 0.25) is 0 Å². The Kier molecular flexibility index (Phi) is 6.42. The number of amides is 2. The summed E-state index contributed by atoms with van der Waals surface area (Å²) < 4.78 is 5.38. The Bertz CT molecular complexity index is 593. The minimum absolute atomic E-state index is 0.100. The highest BCUT2D eigenvalue weighted by molar-refractivity contribution is 5.98. The predicted octanol–water partition coefficient (Wildman–Crippen LogP) is 1.92. The molecule has 0 spiro atoms. The van der Waals surface area contributed by atoms with Crippen molar-refractivity contribution in [2.24, 2.45) is 5.92 Å². The van der Waals surface area contributed by atoms with Crippen LogP contribution in [0.4, 0.5) is 5.69 Å². The molecule has 2 heterocycles. The van der Waals surface area contributed by atoms with Crippen molar-refractivity contribution < 1.29 is 14.3 Å². The van der Waals surface area contributed by atoms with Gasteiger partial charge in [0, 0.05) is 24.4 Å². The van der Waals surface area contributed by atoms with Crippen molar-refractivity contribution in [3.63, 3.8) is 0 Å². The normalized spacial score (nSPS) is 23.2. The van der Waals surface area contributed by atoms with Crippen LogP contribution >= 0.6 is 0 Å². The van der Waals surface area contributed by atoms with Crippen molar-refractivity contribution in [1.29, 1.82) is 0 Å². The van der Waals surface area contributed by atoms with Crippen LogP contribution in [0.1, 0.15) is 42.5 Å². The molecule has 136 valence electrons. The predicted molar refractivity (Wildman–Crippen MR) is 96.6 cm³/mol. The Hall–Kier alpha value is -1.92. The standard InChI is InChI=1S/C19H27N3O3/c23-18(21-10-8-14-4-2-9-20-13-14)15-5-1-6-16(12-15)22-19(24)17-7-3-11-25-17/h1,5-6,12,14,17,20H,2-4,7-11,13H2,(H,21,23)(H,22,24). The van der Waals surface area contributed by atoms with Crippen molar-refractivity contribution in [3.8, 4) is 0 Å². The van der Waals surface area contributed by atoms with Gasteiger partial charge in [-0.25, -0.2) is 0 Å². The van der Waals surface area contributed by atoms with E-state index in [4.69, 9.17) is 4.74 Å². The third-order valence-corrected chi connectivity index (χ3v) is 4.85. The van der Waals surface area contributed by atoms with Gasteiger partial charge in [0.25, 0.3) is 11.8 Å². The molecule has 0 bridgehead atoms. The van der Waals surface area contributed by atoms with E-state index in [1.54, 1.807) is 24.3 Å². The molecular weight excluding hydrogens is 318 g/mol. The maximum atomic E-state index is 12.3. The summed E-state index contributed by atoms with van der Waals surface area (Å²) in [7, 11) is 0. The molecule has 2 atom stereocenters. The van der Waals surface area contributed by atoms with Gasteiger partial charge in [0.2, 0.25) is 0 Å². The summed E-state index contributed by atoms with van der Waals surface area (Å²) in [5.74, 6) is 0.405. The molecule has 1 aromatic carbocycles. The fourth-order valence-electron chi connectivity index (χ4n) is 3.41. The Labute approximate surface area is 148 Å². The van der Waals surface area contributed by atoms with E-state index >= 15 is 0 Å². The zero-order chi connectivity index (χ0) is 17.5. The van der Waals surface area contributed by atoms with E-state index in [-0.39, 0.29) is 17.9 Å². The van der Waals surface area contributed by atoms with Crippen LogP contribution in [0.15, 0.2) is 24.3 Å². The highest BCUT2D eigenvalue weighted by Gasteiger charge is 2.23. The number of hydrogen-bond donors (Lipinski definition) is 3. The third kappa shape index (κ3) is 5.28. The van der Waals surface area contributed by atoms with Gasteiger partial charge >= 0.3 is 0 Å². The quantitative estimate of drug-likeness (QED) is 0.736. The zero-order valence-electron chi connectivity index (χ0n) is 14.6. The Morgan fingerprint density at radius 3 is 2.92 bits per heavy atom. The van der Waals surface area contributed by atoms with E-state index in [2.05, 4.69) is 16.0 Å². The second-order valence-corrected chi connectivity index (χ2v) is 6.83. The lowest BCUT2D eigenvalue weighted by Crippen LogP contribution is -2.33. The first kappa shape index (κ1) is 17.9. The van der Waals surface area contributed by atoms with Crippen molar-refractivity contribution in [1.82, 2.24) is 10.6 Å². The molecule has 2 saturated heterocycles. The van der Waals surface area contributed by atoms with Crippen molar-refractivity contribution in [3.05, 3.63) is 29.8 Å². The maximum absolute atomic E-state index is 12.3. The molecule has 6 nitrogen and oxygen atoms in total. The molecular formula is C19H27N3O3. The topological polar surface area (TPSA) is 79.5 Å². The second kappa shape index (κ2) is 8.97. The molecule has 3 N–H and O–H groups in total. The molecule has 0 saturated carbocycles. The van der Waals surface area contributed by atoms with E-state index < -0.39 is 0 Å². The summed E-state index contributed by atoms with van der Waals surface area (Å²) in [6.07, 6.45) is 4.73. The average molecular weight is 345 g/mol. The number of anilines is 1. The summed E-state index contributed by atoms with van der Waals surface area (Å²) in [6.45, 7) is 3.46. The smallest absolute Gasteiger partial charge is 0.253 e. The van der Waals surface area contributed by atoms with Crippen LogP contribution in [-0.4, -0.2) is 44.2 Å². The van der Waals surface area contributed by atoms with Crippen molar-refractivity contribution >= 4 is 17.5 Å². The van der Waals surface area contributed by atoms with Crippen LogP contribution in [0.3, 0.4) is 0 Å². The molecule has 2 amide bonds. The molecule has 2 unspecified atom stereocenters. The molecule has 2 aliphatic rings. The highest BCUT2D eigenvalue weighted by atomic mass is 16.5. The number of ether oxygens (including phenoxy) is 1. The zero-order valence-corrected chi connectivity index (χ0v) is 14.6. The first-order chi connectivity index (χ1) is 12.2. The van der Waals surface area contributed by atoms with Gasteiger partial charge in [-0.1, -0.05) is 6.07 Å². The first-order valence-electron chi connectivity index (χ1n) is 9.24. The summed E-state index contributed by atoms with van der Waals surface area (Å²) in [6, 6.07) is 7.05. The van der Waals surface area contributed by atoms with Gasteiger partial charge in [-0.15, -0.1) is 0 Å². The molecule has 2 fully saturated rings. The Morgan fingerprint density at radius 2 is 2.16 bits per heavy atom. The van der Waals surface area contributed by atoms with E-state index in [1.807, 2.05) is 0 Å². The second-order valence-electron chi connectivity index (χ2n) is 6.83. The first-order valence-corrected chi connectivity index (χ1v) is 9.24. The van der Waals surface area contributed by atoms with E-state index in [1.165, 1.54) is 12.8 Å². The van der Waals surface area contributed by atoms with Gasteiger partial charge in [0.05, 0.1) is 0 Å². The Balaban J connectivity index is 1.47. The maximum Gasteiger partial charge on any atom is 0.253 e. The molecule has 6 heteroatoms. The SMILES string of the molecule is O=C(NCCC1CCCNC1)c1cccc(NC(=O)C2CCCO2)c1. The lowest BCUT2D eigenvalue weighted by Gasteiger charge is -2.22. The largest absolute Gasteiger partial charge is 0.368 e. The summed E-state index contributed by atoms with van der Waals surface area (Å²) in [5.41, 5.74) is 1.19. The number of piperidine rings is 1. The van der Waals surface area contributed by atoms with Gasteiger partial charge in [0.15, 0.2) is 0 Å². The van der Waals surface area contributed by atoms with Gasteiger partial charge in [-0.05, 0) is 69.3 Å². The molecule has 0 aromatic heterocycles. The fourth-order valence-corrected chi connectivity index (χ4v) is 3.41. The van der Waals surface area contributed by atoms with E-state index in [0.29, 0.717) is 30.3 Å². The third-order valence-electron chi connectivity index (χ3n) is 4.85. The number of rotatable bonds is 6. The molecule has 25 heavy (non-hydrogen) atoms. The number of carbonyl (C=O) groups is 2. The molecule has 2 aliphatic heterocycles. The molecule has 1 aromatic rings. The molecule has 0 aliphatic carbocycles. The number of carbonyl (C=O) groups excluding carboxylic acids is 2. The monoisotopic (exact) mass is 345 g/mol. The summed E-state index contributed by atoms with van der Waals surface area (Å²) in [4.78, 5) is 24.4. The van der Waals surface area contributed by atoms with Gasteiger partial charge in [-0.2, -0.15) is 0 Å². The van der Waals surface area contributed by atoms with Gasteiger partial charge in [0.1, 0.15) is 6.10 Å². The number of benzene rings is 1. The van der Waals surface area contributed by atoms with Gasteiger partial charge in [-0.3, -0.25) is 9.59 Å². The van der Waals surface area contributed by atoms with Crippen LogP contribution in [0, 0.1) is 5.92 Å². The molecule has 3 rings (SSSR count). The number of hydrogen-bond acceptors (Lipinski definition) is 4. The van der Waals surface area contributed by atoms with Crippen LogP contribution in [0.5, 0.6) is 0 Å². The minimum atomic E-state index is -0.374. The summed E-state index contributed by atoms with van der Waals surface area (Å²) in [5, 5.41) is 9.20. The van der Waals surface area contributed by atoms with Crippen LogP contribution in [-0.2, 0) is 9.53 Å². The van der Waals surface area contributed by atoms with Crippen molar-refractivity contribution in [2.45, 2.75) is 38.2 Å². The lowest BCUT2D eigenvalue weighted by atomic mass is 9.96. The Morgan fingerprint density at radius 1 is 1.24 bits per heavy atom. The average Bonchev–Trinajstić information content (AvgIpc) is 3.18. The fraction of sp³-hybridized carbons (Fsp3) is 0.579. The highest BCUT2D eigenvalue weighted by Crippen LogP contribution is 2.17. The van der Waals surface area contributed by atoms with Crippen LogP contribution in [0.25, 0.3) is 0 Å². The summed E-state index contributed by atoms with van der Waals surface area (Å²) >= 11 is 0. The van der Waals surface area contributed by atoms with E-state index in [0.717, 1.165) is 32.4 Å². The lowest BCUT2D eigenvalue weighted by molar-refractivity contribution is -0.124. The minimum Gasteiger partial charge on any atom is -0.368 e. The van der Waals surface area contributed by atoms with Gasteiger partial charge < -0.3 is 20.7 Å².